The third kappa shape index (κ3) is 3.33. The van der Waals surface area contributed by atoms with E-state index < -0.39 is 0 Å². The summed E-state index contributed by atoms with van der Waals surface area (Å²) >= 11 is 0. The van der Waals surface area contributed by atoms with Gasteiger partial charge in [-0.15, -0.1) is 10.2 Å². The molecule has 0 amide bonds. The average Bonchev–Trinajstić information content (AvgIpc) is 2.73. The van der Waals surface area contributed by atoms with Crippen molar-refractivity contribution in [1.82, 2.24) is 19.7 Å². The fraction of sp³-hybridized carbons (Fsp3) is 0.381. The van der Waals surface area contributed by atoms with Crippen LogP contribution in [0, 0.1) is 0 Å². The number of fused-ring (bicyclic) bond motifs is 1. The number of nitrogens with zero attached hydrogens (tertiary/aromatic N) is 4. The number of aromatic hydroxyl groups is 1. The van der Waals surface area contributed by atoms with Crippen molar-refractivity contribution in [2.24, 2.45) is 7.05 Å². The van der Waals surface area contributed by atoms with Crippen LogP contribution in [0.15, 0.2) is 41.2 Å². The number of piperidine rings is 1. The van der Waals surface area contributed by atoms with E-state index in [1.807, 2.05) is 30.3 Å². The van der Waals surface area contributed by atoms with E-state index in [1.165, 1.54) is 4.57 Å². The average molecular weight is 379 g/mol. The lowest BCUT2D eigenvalue weighted by Gasteiger charge is -2.32. The van der Waals surface area contributed by atoms with Crippen molar-refractivity contribution in [2.45, 2.75) is 25.8 Å². The Balaban J connectivity index is 1.67. The lowest BCUT2D eigenvalue weighted by atomic mass is 10.0. The van der Waals surface area contributed by atoms with Crippen molar-refractivity contribution >= 4 is 16.6 Å². The van der Waals surface area contributed by atoms with Gasteiger partial charge < -0.3 is 15.3 Å². The molecule has 0 radical (unpaired) electrons. The van der Waals surface area contributed by atoms with Gasteiger partial charge in [0.05, 0.1) is 5.56 Å². The van der Waals surface area contributed by atoms with Crippen LogP contribution < -0.4 is 10.9 Å². The Hall–Kier alpha value is -2.93. The van der Waals surface area contributed by atoms with Gasteiger partial charge in [-0.1, -0.05) is 37.3 Å². The van der Waals surface area contributed by atoms with Crippen LogP contribution in [-0.2, 0) is 7.05 Å². The number of rotatable bonds is 4. The number of hydrogen-bond donors (Lipinski definition) is 2. The summed E-state index contributed by atoms with van der Waals surface area (Å²) in [6, 6.07) is 11.4. The van der Waals surface area contributed by atoms with Crippen molar-refractivity contribution in [2.75, 3.05) is 25.0 Å². The van der Waals surface area contributed by atoms with Crippen LogP contribution in [0.2, 0.25) is 0 Å². The standard InChI is InChI=1S/C21H25N5O2/c1-3-26-12-6-8-15(13-26)22-19-21(28)25(2)20(24-23-19)17-11-10-14-7-4-5-9-16(14)18(17)27/h4-5,7,9-11,15,27H,3,6,8,12-13H2,1-2H3,(H,22,23)/t15-/m1/s1. The number of phenols is 1. The maximum atomic E-state index is 12.9. The summed E-state index contributed by atoms with van der Waals surface area (Å²) in [6.07, 6.45) is 2.11. The van der Waals surface area contributed by atoms with Crippen molar-refractivity contribution in [3.63, 3.8) is 0 Å². The lowest BCUT2D eigenvalue weighted by molar-refractivity contribution is 0.226. The quantitative estimate of drug-likeness (QED) is 0.725. The first-order valence-corrected chi connectivity index (χ1v) is 9.72. The number of hydrogen-bond acceptors (Lipinski definition) is 6. The largest absolute Gasteiger partial charge is 0.507 e. The Morgan fingerprint density at radius 2 is 2.04 bits per heavy atom. The molecular formula is C21H25N5O2. The lowest BCUT2D eigenvalue weighted by Crippen LogP contribution is -2.43. The molecule has 1 atom stereocenters. The number of anilines is 1. The van der Waals surface area contributed by atoms with Gasteiger partial charge in [0.1, 0.15) is 5.75 Å². The smallest absolute Gasteiger partial charge is 0.296 e. The monoisotopic (exact) mass is 379 g/mol. The van der Waals surface area contributed by atoms with Crippen LogP contribution in [0.25, 0.3) is 22.2 Å². The predicted octanol–water partition coefficient (Wildman–Crippen LogP) is 2.60. The first-order chi connectivity index (χ1) is 13.6. The second kappa shape index (κ2) is 7.59. The Labute approximate surface area is 163 Å². The molecule has 1 fully saturated rings. The SMILES string of the molecule is CCN1CCC[C@@H](Nc2nnc(-c3ccc4ccccc4c3O)n(C)c2=O)C1. The van der Waals surface area contributed by atoms with E-state index in [4.69, 9.17) is 0 Å². The summed E-state index contributed by atoms with van der Waals surface area (Å²) in [7, 11) is 1.66. The Morgan fingerprint density at radius 1 is 1.21 bits per heavy atom. The van der Waals surface area contributed by atoms with Crippen LogP contribution in [0.4, 0.5) is 5.82 Å². The van der Waals surface area contributed by atoms with E-state index in [-0.39, 0.29) is 23.2 Å². The minimum Gasteiger partial charge on any atom is -0.507 e. The van der Waals surface area contributed by atoms with Gasteiger partial charge in [-0.3, -0.25) is 9.36 Å². The van der Waals surface area contributed by atoms with Crippen molar-refractivity contribution in [1.29, 1.82) is 0 Å². The number of aromatic nitrogens is 3. The van der Waals surface area contributed by atoms with E-state index >= 15 is 0 Å². The number of benzene rings is 2. The molecule has 146 valence electrons. The van der Waals surface area contributed by atoms with Gasteiger partial charge in [0.2, 0.25) is 5.82 Å². The summed E-state index contributed by atoms with van der Waals surface area (Å²) in [5.41, 5.74) is 0.248. The molecule has 0 unspecified atom stereocenters. The van der Waals surface area contributed by atoms with Gasteiger partial charge in [-0.2, -0.15) is 0 Å². The van der Waals surface area contributed by atoms with Gasteiger partial charge in [-0.25, -0.2) is 0 Å². The molecule has 3 aromatic rings. The third-order valence-electron chi connectivity index (χ3n) is 5.50. The van der Waals surface area contributed by atoms with Crippen LogP contribution in [0.5, 0.6) is 5.75 Å². The number of nitrogens with one attached hydrogen (secondary N) is 1. The molecule has 0 spiro atoms. The van der Waals surface area contributed by atoms with Gasteiger partial charge in [0, 0.05) is 25.0 Å². The van der Waals surface area contributed by atoms with Crippen molar-refractivity contribution in [3.05, 3.63) is 46.8 Å². The molecule has 1 saturated heterocycles. The van der Waals surface area contributed by atoms with E-state index in [2.05, 4.69) is 27.3 Å². The summed E-state index contributed by atoms with van der Waals surface area (Å²) in [6.45, 7) is 5.14. The molecule has 7 heteroatoms. The maximum absolute atomic E-state index is 12.9. The molecule has 7 nitrogen and oxygen atoms in total. The van der Waals surface area contributed by atoms with E-state index in [9.17, 15) is 9.90 Å². The molecule has 1 aliphatic heterocycles. The zero-order valence-corrected chi connectivity index (χ0v) is 16.2. The molecule has 1 aliphatic rings. The first kappa shape index (κ1) is 18.4. The molecule has 0 aliphatic carbocycles. The van der Waals surface area contributed by atoms with E-state index in [1.54, 1.807) is 13.1 Å². The summed E-state index contributed by atoms with van der Waals surface area (Å²) in [5, 5.41) is 24.0. The molecule has 1 aromatic heterocycles. The molecule has 0 saturated carbocycles. The van der Waals surface area contributed by atoms with Gasteiger partial charge in [0.15, 0.2) is 5.82 Å². The third-order valence-corrected chi connectivity index (χ3v) is 5.50. The van der Waals surface area contributed by atoms with Crippen molar-refractivity contribution in [3.8, 4) is 17.1 Å². The Morgan fingerprint density at radius 3 is 2.86 bits per heavy atom. The fourth-order valence-electron chi connectivity index (χ4n) is 3.88. The normalized spacial score (nSPS) is 17.7. The van der Waals surface area contributed by atoms with E-state index in [0.717, 1.165) is 43.2 Å². The number of phenolic OH excluding ortho intramolecular Hbond substituents is 1. The minimum absolute atomic E-state index is 0.106. The van der Waals surface area contributed by atoms with Crippen LogP contribution >= 0.6 is 0 Å². The van der Waals surface area contributed by atoms with Gasteiger partial charge >= 0.3 is 0 Å². The maximum Gasteiger partial charge on any atom is 0.296 e. The topological polar surface area (TPSA) is 83.3 Å². The zero-order chi connectivity index (χ0) is 19.7. The molecule has 28 heavy (non-hydrogen) atoms. The Bertz CT molecular complexity index is 1060. The van der Waals surface area contributed by atoms with E-state index in [0.29, 0.717) is 11.4 Å². The van der Waals surface area contributed by atoms with Crippen molar-refractivity contribution < 1.29 is 5.11 Å². The molecule has 2 aromatic carbocycles. The highest BCUT2D eigenvalue weighted by Crippen LogP contribution is 2.34. The molecule has 0 bridgehead atoms. The fourth-order valence-corrected chi connectivity index (χ4v) is 3.88. The number of likely N-dealkylation sites (tertiary alicyclic amines) is 1. The van der Waals surface area contributed by atoms with Crippen LogP contribution in [0.3, 0.4) is 0 Å². The summed E-state index contributed by atoms with van der Waals surface area (Å²) in [5.74, 6) is 0.709. The predicted molar refractivity (Wildman–Crippen MR) is 111 cm³/mol. The molecule has 2 heterocycles. The first-order valence-electron chi connectivity index (χ1n) is 9.72. The minimum atomic E-state index is -0.244. The second-order valence-corrected chi connectivity index (χ2v) is 7.30. The molecule has 2 N–H and O–H groups in total. The highest BCUT2D eigenvalue weighted by atomic mass is 16.3. The highest BCUT2D eigenvalue weighted by molar-refractivity contribution is 5.93. The number of likely N-dealkylation sites (N-methyl/N-ethyl adjacent to an activating group) is 1. The summed E-state index contributed by atoms with van der Waals surface area (Å²) < 4.78 is 1.44. The summed E-state index contributed by atoms with van der Waals surface area (Å²) in [4.78, 5) is 15.2. The van der Waals surface area contributed by atoms with Gasteiger partial charge in [0.25, 0.3) is 5.56 Å². The molecule has 4 rings (SSSR count). The second-order valence-electron chi connectivity index (χ2n) is 7.30. The Kier molecular flexibility index (Phi) is 5.00. The van der Waals surface area contributed by atoms with Crippen LogP contribution in [0.1, 0.15) is 19.8 Å². The zero-order valence-electron chi connectivity index (χ0n) is 16.2. The highest BCUT2D eigenvalue weighted by Gasteiger charge is 2.21. The molecular weight excluding hydrogens is 354 g/mol. The van der Waals surface area contributed by atoms with Crippen LogP contribution in [-0.4, -0.2) is 50.4 Å². The van der Waals surface area contributed by atoms with Gasteiger partial charge in [-0.05, 0) is 37.4 Å².